The number of ether oxygens (including phenoxy) is 2. The van der Waals surface area contributed by atoms with Crippen LogP contribution >= 0.6 is 0 Å². The van der Waals surface area contributed by atoms with Crippen molar-refractivity contribution in [1.82, 2.24) is 4.90 Å². The molecule has 21 heavy (non-hydrogen) atoms. The molecule has 2 atom stereocenters. The lowest BCUT2D eigenvalue weighted by Gasteiger charge is -2.31. The third-order valence-electron chi connectivity index (χ3n) is 3.86. The fourth-order valence-corrected chi connectivity index (χ4v) is 2.41. The van der Waals surface area contributed by atoms with Gasteiger partial charge in [-0.3, -0.25) is 4.90 Å². The van der Waals surface area contributed by atoms with Gasteiger partial charge in [-0.25, -0.2) is 0 Å². The average Bonchev–Trinajstić information content (AvgIpc) is 2.51. The SMILES string of the molecule is CCc1ccc(C(N)CN(CCOC)C(C)COC)cc1. The monoisotopic (exact) mass is 294 g/mol. The van der Waals surface area contributed by atoms with Crippen molar-refractivity contribution in [2.24, 2.45) is 5.73 Å². The van der Waals surface area contributed by atoms with Gasteiger partial charge in [-0.15, -0.1) is 0 Å². The highest BCUT2D eigenvalue weighted by atomic mass is 16.5. The largest absolute Gasteiger partial charge is 0.383 e. The van der Waals surface area contributed by atoms with E-state index in [1.807, 2.05) is 0 Å². The number of hydrogen-bond acceptors (Lipinski definition) is 4. The summed E-state index contributed by atoms with van der Waals surface area (Å²) in [5.41, 5.74) is 8.89. The highest BCUT2D eigenvalue weighted by Crippen LogP contribution is 2.15. The van der Waals surface area contributed by atoms with E-state index in [1.54, 1.807) is 14.2 Å². The minimum atomic E-state index is 0.00654. The number of methoxy groups -OCH3 is 2. The van der Waals surface area contributed by atoms with E-state index in [0.717, 1.165) is 19.5 Å². The maximum absolute atomic E-state index is 6.37. The second-order valence-corrected chi connectivity index (χ2v) is 5.49. The van der Waals surface area contributed by atoms with Crippen molar-refractivity contribution in [2.75, 3.05) is 40.5 Å². The predicted molar refractivity (Wildman–Crippen MR) is 87.5 cm³/mol. The van der Waals surface area contributed by atoms with Crippen molar-refractivity contribution in [1.29, 1.82) is 0 Å². The highest BCUT2D eigenvalue weighted by Gasteiger charge is 2.17. The Bertz CT molecular complexity index is 381. The lowest BCUT2D eigenvalue weighted by atomic mass is 10.0. The van der Waals surface area contributed by atoms with Gasteiger partial charge in [-0.05, 0) is 24.5 Å². The zero-order valence-corrected chi connectivity index (χ0v) is 13.8. The Balaban J connectivity index is 2.66. The number of rotatable bonds is 10. The Hall–Kier alpha value is -0.940. The molecule has 2 unspecified atom stereocenters. The first-order valence-electron chi connectivity index (χ1n) is 7.68. The van der Waals surface area contributed by atoms with E-state index >= 15 is 0 Å². The lowest BCUT2D eigenvalue weighted by molar-refractivity contribution is 0.0714. The van der Waals surface area contributed by atoms with E-state index in [2.05, 4.69) is 43.0 Å². The maximum Gasteiger partial charge on any atom is 0.0615 e. The maximum atomic E-state index is 6.37. The van der Waals surface area contributed by atoms with E-state index in [-0.39, 0.29) is 6.04 Å². The molecule has 0 saturated heterocycles. The van der Waals surface area contributed by atoms with Gasteiger partial charge in [0.1, 0.15) is 0 Å². The van der Waals surface area contributed by atoms with Crippen molar-refractivity contribution >= 4 is 0 Å². The zero-order chi connectivity index (χ0) is 15.7. The molecule has 0 spiro atoms. The van der Waals surface area contributed by atoms with Crippen LogP contribution in [0.1, 0.15) is 31.0 Å². The molecule has 0 amide bonds. The minimum absolute atomic E-state index is 0.00654. The summed E-state index contributed by atoms with van der Waals surface area (Å²) in [4.78, 5) is 2.32. The van der Waals surface area contributed by atoms with Crippen molar-refractivity contribution in [3.63, 3.8) is 0 Å². The molecule has 0 aliphatic carbocycles. The second-order valence-electron chi connectivity index (χ2n) is 5.49. The number of nitrogens with two attached hydrogens (primary N) is 1. The van der Waals surface area contributed by atoms with Gasteiger partial charge < -0.3 is 15.2 Å². The molecule has 2 N–H and O–H groups in total. The van der Waals surface area contributed by atoms with Crippen LogP contribution in [0, 0.1) is 0 Å². The highest BCUT2D eigenvalue weighted by molar-refractivity contribution is 5.25. The lowest BCUT2D eigenvalue weighted by Crippen LogP contribution is -2.42. The Morgan fingerprint density at radius 3 is 2.33 bits per heavy atom. The van der Waals surface area contributed by atoms with Crippen molar-refractivity contribution in [3.05, 3.63) is 35.4 Å². The molecular weight excluding hydrogens is 264 g/mol. The summed E-state index contributed by atoms with van der Waals surface area (Å²) >= 11 is 0. The van der Waals surface area contributed by atoms with Crippen LogP contribution < -0.4 is 5.73 Å². The first-order chi connectivity index (χ1) is 10.1. The first-order valence-corrected chi connectivity index (χ1v) is 7.68. The van der Waals surface area contributed by atoms with Gasteiger partial charge in [0.05, 0.1) is 13.2 Å². The molecule has 1 rings (SSSR count). The molecule has 0 saturated carbocycles. The van der Waals surface area contributed by atoms with E-state index in [4.69, 9.17) is 15.2 Å². The van der Waals surface area contributed by atoms with Gasteiger partial charge in [0.15, 0.2) is 0 Å². The van der Waals surface area contributed by atoms with Crippen molar-refractivity contribution < 1.29 is 9.47 Å². The third-order valence-corrected chi connectivity index (χ3v) is 3.86. The average molecular weight is 294 g/mol. The second kappa shape index (κ2) is 9.90. The molecule has 4 heteroatoms. The summed E-state index contributed by atoms with van der Waals surface area (Å²) in [5, 5.41) is 0. The first kappa shape index (κ1) is 18.1. The van der Waals surface area contributed by atoms with Crippen LogP contribution in [0.5, 0.6) is 0 Å². The Kier molecular flexibility index (Phi) is 8.54. The van der Waals surface area contributed by atoms with Crippen LogP contribution in [0.2, 0.25) is 0 Å². The van der Waals surface area contributed by atoms with Gasteiger partial charge in [0.2, 0.25) is 0 Å². The molecule has 1 aromatic carbocycles. The van der Waals surface area contributed by atoms with Gasteiger partial charge in [-0.1, -0.05) is 31.2 Å². The van der Waals surface area contributed by atoms with Crippen LogP contribution in [0.15, 0.2) is 24.3 Å². The molecule has 0 aliphatic heterocycles. The van der Waals surface area contributed by atoms with E-state index in [9.17, 15) is 0 Å². The van der Waals surface area contributed by atoms with E-state index in [1.165, 1.54) is 11.1 Å². The summed E-state index contributed by atoms with van der Waals surface area (Å²) < 4.78 is 10.5. The number of hydrogen-bond donors (Lipinski definition) is 1. The normalized spacial score (nSPS) is 14.4. The van der Waals surface area contributed by atoms with E-state index in [0.29, 0.717) is 19.3 Å². The van der Waals surface area contributed by atoms with Crippen LogP contribution in [-0.4, -0.2) is 51.5 Å². The van der Waals surface area contributed by atoms with Crippen LogP contribution in [0.3, 0.4) is 0 Å². The Morgan fingerprint density at radius 2 is 1.81 bits per heavy atom. The van der Waals surface area contributed by atoms with Crippen molar-refractivity contribution in [3.8, 4) is 0 Å². The third kappa shape index (κ3) is 6.14. The Labute approximate surface area is 129 Å². The van der Waals surface area contributed by atoms with Crippen LogP contribution in [-0.2, 0) is 15.9 Å². The van der Waals surface area contributed by atoms with Crippen molar-refractivity contribution in [2.45, 2.75) is 32.4 Å². The number of benzene rings is 1. The fraction of sp³-hybridized carbons (Fsp3) is 0.647. The molecule has 120 valence electrons. The summed E-state index contributed by atoms with van der Waals surface area (Å²) in [6.45, 7) is 7.39. The number of nitrogens with zero attached hydrogens (tertiary/aromatic N) is 1. The summed E-state index contributed by atoms with van der Waals surface area (Å²) in [7, 11) is 3.46. The van der Waals surface area contributed by atoms with Crippen LogP contribution in [0.4, 0.5) is 0 Å². The summed E-state index contributed by atoms with van der Waals surface area (Å²) in [6, 6.07) is 8.93. The zero-order valence-electron chi connectivity index (χ0n) is 13.8. The van der Waals surface area contributed by atoms with E-state index < -0.39 is 0 Å². The molecule has 0 radical (unpaired) electrons. The molecular formula is C17H30N2O2. The Morgan fingerprint density at radius 1 is 1.14 bits per heavy atom. The standard InChI is InChI=1S/C17H30N2O2/c1-5-15-6-8-16(9-7-15)17(18)12-19(10-11-20-3)14(2)13-21-4/h6-9,14,17H,5,10-13,18H2,1-4H3. The smallest absolute Gasteiger partial charge is 0.0615 e. The van der Waals surface area contributed by atoms with Crippen LogP contribution in [0.25, 0.3) is 0 Å². The van der Waals surface area contributed by atoms with Gasteiger partial charge >= 0.3 is 0 Å². The predicted octanol–water partition coefficient (Wildman–Crippen LogP) is 2.23. The van der Waals surface area contributed by atoms with Gasteiger partial charge in [0, 0.05) is 39.4 Å². The van der Waals surface area contributed by atoms with Gasteiger partial charge in [-0.2, -0.15) is 0 Å². The number of aryl methyl sites for hydroxylation is 1. The van der Waals surface area contributed by atoms with Gasteiger partial charge in [0.25, 0.3) is 0 Å². The summed E-state index contributed by atoms with van der Waals surface area (Å²) in [5.74, 6) is 0. The fourth-order valence-electron chi connectivity index (χ4n) is 2.41. The minimum Gasteiger partial charge on any atom is -0.383 e. The molecule has 0 aliphatic rings. The molecule has 0 fully saturated rings. The molecule has 0 heterocycles. The molecule has 0 aromatic heterocycles. The molecule has 1 aromatic rings. The molecule has 0 bridgehead atoms. The molecule has 4 nitrogen and oxygen atoms in total. The topological polar surface area (TPSA) is 47.7 Å². The quantitative estimate of drug-likeness (QED) is 0.719. The summed E-state index contributed by atoms with van der Waals surface area (Å²) in [6.07, 6.45) is 1.06.